The normalized spacial score (nSPS) is 20.6. The first-order valence-corrected chi connectivity index (χ1v) is 5.15. The Kier molecular flexibility index (Phi) is 3.09. The summed E-state index contributed by atoms with van der Waals surface area (Å²) in [6, 6.07) is 8.96. The molecule has 1 fully saturated rings. The molecule has 0 radical (unpaired) electrons. The van der Waals surface area contributed by atoms with Crippen molar-refractivity contribution in [2.75, 3.05) is 18.1 Å². The van der Waals surface area contributed by atoms with Crippen molar-refractivity contribution in [3.8, 4) is 6.07 Å². The van der Waals surface area contributed by atoms with Crippen molar-refractivity contribution >= 4 is 23.2 Å². The van der Waals surface area contributed by atoms with E-state index in [9.17, 15) is 4.79 Å². The third-order valence-corrected chi connectivity index (χ3v) is 2.56. The molecule has 0 N–H and O–H groups in total. The number of morpholine rings is 1. The van der Waals surface area contributed by atoms with Crippen LogP contribution < -0.4 is 4.90 Å². The number of hydrogen-bond acceptors (Lipinski definition) is 3. The molecule has 1 aliphatic heterocycles. The molecule has 1 aliphatic rings. The molecule has 82 valence electrons. The number of carbonyl (C=O) groups is 1. The van der Waals surface area contributed by atoms with Gasteiger partial charge >= 0.3 is 0 Å². The van der Waals surface area contributed by atoms with Crippen LogP contribution in [0.4, 0.5) is 5.69 Å². The number of anilines is 1. The number of carbonyl (C=O) groups excluding carboxylic acids is 1. The lowest BCUT2D eigenvalue weighted by molar-refractivity contribution is -0.127. The molecule has 16 heavy (non-hydrogen) atoms. The zero-order valence-corrected chi connectivity index (χ0v) is 9.15. The smallest absolute Gasteiger partial charge is 0.253 e. The number of hydrogen-bond donors (Lipinski definition) is 0. The van der Waals surface area contributed by atoms with Crippen LogP contribution in [0.15, 0.2) is 24.3 Å². The molecule has 0 aliphatic carbocycles. The topological polar surface area (TPSA) is 53.3 Å². The van der Waals surface area contributed by atoms with Crippen LogP contribution in [0.5, 0.6) is 0 Å². The minimum atomic E-state index is -0.573. The summed E-state index contributed by atoms with van der Waals surface area (Å²) in [5.41, 5.74) is 0.695. The summed E-state index contributed by atoms with van der Waals surface area (Å²) in [4.78, 5) is 13.1. The third kappa shape index (κ3) is 2.16. The van der Waals surface area contributed by atoms with E-state index in [1.165, 1.54) is 4.90 Å². The molecule has 0 spiro atoms. The number of ether oxygens (including phenoxy) is 1. The summed E-state index contributed by atoms with van der Waals surface area (Å²) in [6.07, 6.45) is -0.573. The lowest BCUT2D eigenvalue weighted by Crippen LogP contribution is -2.46. The molecule has 0 bridgehead atoms. The second-order valence-electron chi connectivity index (χ2n) is 3.41. The number of nitrogens with zero attached hydrogens (tertiary/aromatic N) is 2. The largest absolute Gasteiger partial charge is 0.352 e. The number of benzene rings is 1. The van der Waals surface area contributed by atoms with Crippen molar-refractivity contribution in [1.82, 2.24) is 0 Å². The van der Waals surface area contributed by atoms with Crippen LogP contribution in [-0.4, -0.2) is 25.2 Å². The van der Waals surface area contributed by atoms with Gasteiger partial charge in [0, 0.05) is 10.7 Å². The van der Waals surface area contributed by atoms with Crippen molar-refractivity contribution in [3.05, 3.63) is 29.3 Å². The second-order valence-corrected chi connectivity index (χ2v) is 3.85. The Balaban J connectivity index is 2.25. The van der Waals surface area contributed by atoms with E-state index >= 15 is 0 Å². The summed E-state index contributed by atoms with van der Waals surface area (Å²) in [5.74, 6) is -0.159. The SMILES string of the molecule is N#CC1CN(c2cccc(Cl)c2)C(=O)CO1. The minimum Gasteiger partial charge on any atom is -0.352 e. The third-order valence-electron chi connectivity index (χ3n) is 2.32. The highest BCUT2D eigenvalue weighted by Gasteiger charge is 2.27. The van der Waals surface area contributed by atoms with E-state index in [1.807, 2.05) is 6.07 Å². The van der Waals surface area contributed by atoms with Crippen LogP contribution in [-0.2, 0) is 9.53 Å². The van der Waals surface area contributed by atoms with Gasteiger partial charge in [0.2, 0.25) is 0 Å². The van der Waals surface area contributed by atoms with Crippen LogP contribution in [0.1, 0.15) is 0 Å². The van der Waals surface area contributed by atoms with Gasteiger partial charge in [-0.15, -0.1) is 0 Å². The highest BCUT2D eigenvalue weighted by molar-refractivity contribution is 6.30. The van der Waals surface area contributed by atoms with E-state index in [0.29, 0.717) is 10.7 Å². The Bertz CT molecular complexity index is 456. The fourth-order valence-corrected chi connectivity index (χ4v) is 1.73. The maximum absolute atomic E-state index is 11.6. The average Bonchev–Trinajstić information content (AvgIpc) is 2.30. The predicted octanol–water partition coefficient (Wildman–Crippen LogP) is 1.60. The Morgan fingerprint density at radius 1 is 1.56 bits per heavy atom. The molecular weight excluding hydrogens is 228 g/mol. The summed E-state index contributed by atoms with van der Waals surface area (Å²) in [7, 11) is 0. The van der Waals surface area contributed by atoms with E-state index in [-0.39, 0.29) is 19.1 Å². The van der Waals surface area contributed by atoms with Gasteiger partial charge in [-0.05, 0) is 18.2 Å². The van der Waals surface area contributed by atoms with Crippen LogP contribution in [0.25, 0.3) is 0 Å². The monoisotopic (exact) mass is 236 g/mol. The predicted molar refractivity (Wildman–Crippen MR) is 59.2 cm³/mol. The van der Waals surface area contributed by atoms with Gasteiger partial charge < -0.3 is 9.64 Å². The molecule has 1 aromatic carbocycles. The Labute approximate surface area is 98.0 Å². The highest BCUT2D eigenvalue weighted by Crippen LogP contribution is 2.22. The molecule has 1 saturated heterocycles. The molecule has 0 saturated carbocycles. The zero-order chi connectivity index (χ0) is 11.5. The molecule has 4 nitrogen and oxygen atoms in total. The van der Waals surface area contributed by atoms with Crippen LogP contribution in [0.3, 0.4) is 0 Å². The van der Waals surface area contributed by atoms with Crippen molar-refractivity contribution in [1.29, 1.82) is 5.26 Å². The molecule has 1 heterocycles. The van der Waals surface area contributed by atoms with Crippen LogP contribution >= 0.6 is 11.6 Å². The van der Waals surface area contributed by atoms with Crippen LogP contribution in [0, 0.1) is 11.3 Å². The number of rotatable bonds is 1. The van der Waals surface area contributed by atoms with Gasteiger partial charge in [-0.1, -0.05) is 17.7 Å². The molecule has 1 aromatic rings. The molecular formula is C11H9ClN2O2. The summed E-state index contributed by atoms with van der Waals surface area (Å²) >= 11 is 5.85. The molecule has 1 amide bonds. The van der Waals surface area contributed by atoms with Crippen molar-refractivity contribution in [3.63, 3.8) is 0 Å². The lowest BCUT2D eigenvalue weighted by Gasteiger charge is -2.29. The van der Waals surface area contributed by atoms with E-state index in [0.717, 1.165) is 0 Å². The molecule has 0 aromatic heterocycles. The van der Waals surface area contributed by atoms with E-state index < -0.39 is 6.10 Å². The summed E-state index contributed by atoms with van der Waals surface area (Å²) in [6.45, 7) is 0.181. The highest BCUT2D eigenvalue weighted by atomic mass is 35.5. The average molecular weight is 237 g/mol. The van der Waals surface area contributed by atoms with E-state index in [2.05, 4.69) is 0 Å². The van der Waals surface area contributed by atoms with Gasteiger partial charge in [-0.3, -0.25) is 4.79 Å². The number of nitriles is 1. The van der Waals surface area contributed by atoms with Crippen molar-refractivity contribution in [2.45, 2.75) is 6.10 Å². The number of amides is 1. The first kappa shape index (κ1) is 10.9. The van der Waals surface area contributed by atoms with E-state index in [4.69, 9.17) is 21.6 Å². The quantitative estimate of drug-likeness (QED) is 0.744. The maximum atomic E-state index is 11.6. The van der Waals surface area contributed by atoms with Crippen molar-refractivity contribution in [2.24, 2.45) is 0 Å². The molecule has 1 unspecified atom stereocenters. The molecule has 1 atom stereocenters. The first-order chi connectivity index (χ1) is 7.70. The maximum Gasteiger partial charge on any atom is 0.253 e. The van der Waals surface area contributed by atoms with Gasteiger partial charge in [0.15, 0.2) is 6.10 Å². The van der Waals surface area contributed by atoms with Crippen molar-refractivity contribution < 1.29 is 9.53 Å². The fourth-order valence-electron chi connectivity index (χ4n) is 1.54. The first-order valence-electron chi connectivity index (χ1n) is 4.78. The van der Waals surface area contributed by atoms with Gasteiger partial charge in [-0.25, -0.2) is 0 Å². The Morgan fingerprint density at radius 3 is 3.06 bits per heavy atom. The second kappa shape index (κ2) is 4.52. The summed E-state index contributed by atoms with van der Waals surface area (Å²) < 4.78 is 5.04. The van der Waals surface area contributed by atoms with Gasteiger partial charge in [0.1, 0.15) is 6.61 Å². The minimum absolute atomic E-state index is 0.0647. The standard InChI is InChI=1S/C11H9ClN2O2/c12-8-2-1-3-9(4-8)14-6-10(5-13)16-7-11(14)15/h1-4,10H,6-7H2. The van der Waals surface area contributed by atoms with Gasteiger partial charge in [0.25, 0.3) is 5.91 Å². The number of halogens is 1. The summed E-state index contributed by atoms with van der Waals surface area (Å²) in [5, 5.41) is 9.32. The molecule has 2 rings (SSSR count). The Hall–Kier alpha value is -1.57. The van der Waals surface area contributed by atoms with E-state index in [1.54, 1.807) is 24.3 Å². The van der Waals surface area contributed by atoms with Gasteiger partial charge in [0.05, 0.1) is 12.6 Å². The van der Waals surface area contributed by atoms with Gasteiger partial charge in [-0.2, -0.15) is 5.26 Å². The Morgan fingerprint density at radius 2 is 2.38 bits per heavy atom. The lowest BCUT2D eigenvalue weighted by atomic mass is 10.2. The zero-order valence-electron chi connectivity index (χ0n) is 8.39. The fraction of sp³-hybridized carbons (Fsp3) is 0.273. The van der Waals surface area contributed by atoms with Crippen LogP contribution in [0.2, 0.25) is 5.02 Å². The molecule has 5 heteroatoms.